The quantitative estimate of drug-likeness (QED) is 0.497. The van der Waals surface area contributed by atoms with Gasteiger partial charge in [-0.2, -0.15) is 0 Å². The molecule has 3 N–H and O–H groups in total. The van der Waals surface area contributed by atoms with Crippen LogP contribution in [0.25, 0.3) is 29.2 Å². The molecule has 7 heteroatoms. The highest BCUT2D eigenvalue weighted by atomic mass is 16.4. The molecule has 0 saturated carbocycles. The number of para-hydroxylation sites is 1. The van der Waals surface area contributed by atoms with Gasteiger partial charge in [0.1, 0.15) is 0 Å². The summed E-state index contributed by atoms with van der Waals surface area (Å²) in [6.07, 6.45) is 1.48. The molecule has 0 fully saturated rings. The second kappa shape index (κ2) is 6.55. The van der Waals surface area contributed by atoms with Crippen LogP contribution in [-0.4, -0.2) is 25.8 Å². The van der Waals surface area contributed by atoms with Crippen LogP contribution in [0.2, 0.25) is 0 Å². The van der Waals surface area contributed by atoms with Crippen LogP contribution in [-0.2, 0) is 0 Å². The Bertz CT molecular complexity index is 1460. The number of carbonyl (C=O) groups is 1. The molecule has 0 bridgehead atoms. The van der Waals surface area contributed by atoms with Crippen LogP contribution in [0, 0.1) is 0 Å². The Labute approximate surface area is 157 Å². The average Bonchev–Trinajstić information content (AvgIpc) is 2.97. The Morgan fingerprint density at radius 3 is 2.64 bits per heavy atom. The summed E-state index contributed by atoms with van der Waals surface area (Å²) in [5, 5.41) is 13.4. The molecule has 138 valence electrons. The minimum Gasteiger partial charge on any atom is -0.478 e. The van der Waals surface area contributed by atoms with Crippen molar-refractivity contribution >= 4 is 29.5 Å². The van der Waals surface area contributed by atoms with Gasteiger partial charge in [0.05, 0.1) is 21.8 Å². The largest absolute Gasteiger partial charge is 0.478 e. The van der Waals surface area contributed by atoms with Crippen LogP contribution < -0.4 is 21.7 Å². The van der Waals surface area contributed by atoms with E-state index in [-0.39, 0.29) is 16.3 Å². The lowest BCUT2D eigenvalue weighted by atomic mass is 10.1. The van der Waals surface area contributed by atoms with E-state index in [1.54, 1.807) is 24.3 Å². The Balaban J connectivity index is 1.91. The minimum atomic E-state index is -1.09. The third-order valence-corrected chi connectivity index (χ3v) is 4.44. The van der Waals surface area contributed by atoms with Crippen molar-refractivity contribution in [3.63, 3.8) is 0 Å². The van der Waals surface area contributed by atoms with Gasteiger partial charge >= 0.3 is 5.97 Å². The molecule has 0 unspecified atom stereocenters. The second-order valence-corrected chi connectivity index (χ2v) is 6.29. The maximum Gasteiger partial charge on any atom is 0.335 e. The third-order valence-electron chi connectivity index (χ3n) is 4.44. The number of pyridine rings is 1. The van der Waals surface area contributed by atoms with Gasteiger partial charge in [0, 0.05) is 11.1 Å². The molecule has 0 radical (unpaired) electrons. The minimum absolute atomic E-state index is 0.0566. The molecule has 7 nitrogen and oxygen atoms in total. The van der Waals surface area contributed by atoms with Gasteiger partial charge in [-0.15, -0.1) is 0 Å². The number of fused-ring (bicyclic) bond motifs is 1. The number of carboxylic acids is 1. The predicted octanol–water partition coefficient (Wildman–Crippen LogP) is 0.944. The molecule has 4 aromatic rings. The normalized spacial score (nSPS) is 11.8. The molecule has 0 spiro atoms. The fourth-order valence-electron chi connectivity index (χ4n) is 3.03. The Kier molecular flexibility index (Phi) is 4.04. The third kappa shape index (κ3) is 2.95. The number of hydrogen-bond donors (Lipinski definition) is 3. The average molecular weight is 373 g/mol. The van der Waals surface area contributed by atoms with E-state index < -0.39 is 11.5 Å². The topological polar surface area (TPSA) is 108 Å². The standard InChI is InChI=1S/C21H15N3O4/c1-12-17(11-15-9-13-5-2-3-8-18(13)22-19(15)25)20(26)24(23-12)16-7-4-6-14(10-16)21(27)28/h2-11,23H,1H2,(H,22,25)(H,27,28)/b17-11-. The molecule has 0 amide bonds. The summed E-state index contributed by atoms with van der Waals surface area (Å²) in [7, 11) is 0. The molecule has 0 aliphatic heterocycles. The molecule has 0 atom stereocenters. The summed E-state index contributed by atoms with van der Waals surface area (Å²) in [5.74, 6) is -1.09. The van der Waals surface area contributed by atoms with Crippen molar-refractivity contribution in [1.82, 2.24) is 14.8 Å². The molecule has 4 rings (SSSR count). The van der Waals surface area contributed by atoms with Crippen LogP contribution in [0.4, 0.5) is 0 Å². The van der Waals surface area contributed by atoms with Gasteiger partial charge in [0.25, 0.3) is 11.1 Å². The highest BCUT2D eigenvalue weighted by molar-refractivity contribution is 5.88. The number of aromatic nitrogens is 3. The zero-order chi connectivity index (χ0) is 19.8. The smallest absolute Gasteiger partial charge is 0.335 e. The fourth-order valence-corrected chi connectivity index (χ4v) is 3.03. The summed E-state index contributed by atoms with van der Waals surface area (Å²) in [5.41, 5.74) is 0.698. The number of hydrogen-bond acceptors (Lipinski definition) is 3. The van der Waals surface area contributed by atoms with Crippen LogP contribution >= 0.6 is 0 Å². The molecular weight excluding hydrogens is 358 g/mol. The monoisotopic (exact) mass is 373 g/mol. The van der Waals surface area contributed by atoms with Crippen molar-refractivity contribution in [1.29, 1.82) is 0 Å². The molecule has 0 saturated heterocycles. The molecular formula is C21H15N3O4. The summed E-state index contributed by atoms with van der Waals surface area (Å²) in [4.78, 5) is 39.2. The van der Waals surface area contributed by atoms with Gasteiger partial charge in [-0.05, 0) is 41.8 Å². The molecule has 28 heavy (non-hydrogen) atoms. The van der Waals surface area contributed by atoms with Gasteiger partial charge in [-0.3, -0.25) is 14.7 Å². The zero-order valence-corrected chi connectivity index (χ0v) is 14.6. The highest BCUT2D eigenvalue weighted by Gasteiger charge is 2.09. The summed E-state index contributed by atoms with van der Waals surface area (Å²) < 4.78 is 1.20. The van der Waals surface area contributed by atoms with Crippen molar-refractivity contribution in [2.45, 2.75) is 0 Å². The molecule has 2 aromatic carbocycles. The summed E-state index contributed by atoms with van der Waals surface area (Å²) in [6, 6.07) is 15.0. The number of nitrogens with zero attached hydrogens (tertiary/aromatic N) is 1. The van der Waals surface area contributed by atoms with Gasteiger partial charge in [-0.1, -0.05) is 30.8 Å². The number of aromatic carboxylic acids is 1. The number of benzene rings is 2. The van der Waals surface area contributed by atoms with E-state index in [1.807, 2.05) is 18.2 Å². The number of carboxylic acid groups (broad SMARTS) is 1. The van der Waals surface area contributed by atoms with E-state index in [0.29, 0.717) is 22.1 Å². The lowest BCUT2D eigenvalue weighted by molar-refractivity contribution is 0.0697. The zero-order valence-electron chi connectivity index (χ0n) is 14.6. The van der Waals surface area contributed by atoms with Crippen LogP contribution in [0.3, 0.4) is 0 Å². The van der Waals surface area contributed by atoms with Gasteiger partial charge in [-0.25, -0.2) is 9.48 Å². The van der Waals surface area contributed by atoms with E-state index in [0.717, 1.165) is 5.39 Å². The van der Waals surface area contributed by atoms with Crippen molar-refractivity contribution < 1.29 is 9.90 Å². The van der Waals surface area contributed by atoms with Crippen LogP contribution in [0.5, 0.6) is 0 Å². The molecule has 2 heterocycles. The molecule has 0 aliphatic carbocycles. The Hall–Kier alpha value is -4.13. The summed E-state index contributed by atoms with van der Waals surface area (Å²) >= 11 is 0. The van der Waals surface area contributed by atoms with Crippen molar-refractivity contribution in [2.24, 2.45) is 0 Å². The lowest BCUT2D eigenvalue weighted by Crippen LogP contribution is -2.34. The first kappa shape index (κ1) is 17.3. The van der Waals surface area contributed by atoms with E-state index in [2.05, 4.69) is 16.7 Å². The SMILES string of the molecule is C=c1[nH]n(-c2cccc(C(=O)O)c2)c(=O)/c1=C\c1cc2ccccc2[nH]c1=O. The van der Waals surface area contributed by atoms with Crippen molar-refractivity contribution in [3.05, 3.63) is 97.0 Å². The first-order chi connectivity index (χ1) is 13.4. The van der Waals surface area contributed by atoms with Crippen molar-refractivity contribution in [3.8, 4) is 5.69 Å². The molecule has 2 aromatic heterocycles. The summed E-state index contributed by atoms with van der Waals surface area (Å²) in [6.45, 7) is 3.84. The maximum absolute atomic E-state index is 12.9. The van der Waals surface area contributed by atoms with E-state index in [9.17, 15) is 14.4 Å². The lowest BCUT2D eigenvalue weighted by Gasteiger charge is -2.02. The maximum atomic E-state index is 12.9. The van der Waals surface area contributed by atoms with E-state index in [1.165, 1.54) is 22.9 Å². The highest BCUT2D eigenvalue weighted by Crippen LogP contribution is 2.10. The first-order valence-corrected chi connectivity index (χ1v) is 8.41. The van der Waals surface area contributed by atoms with Crippen molar-refractivity contribution in [2.75, 3.05) is 0 Å². The number of rotatable bonds is 3. The molecule has 0 aliphatic rings. The number of aromatic amines is 2. The van der Waals surface area contributed by atoms with E-state index in [4.69, 9.17) is 5.11 Å². The van der Waals surface area contributed by atoms with Gasteiger partial charge in [0.15, 0.2) is 0 Å². The van der Waals surface area contributed by atoms with Gasteiger partial charge < -0.3 is 10.1 Å². The van der Waals surface area contributed by atoms with Crippen LogP contribution in [0.15, 0.2) is 64.2 Å². The Morgan fingerprint density at radius 2 is 1.86 bits per heavy atom. The second-order valence-electron chi connectivity index (χ2n) is 6.29. The predicted molar refractivity (Wildman–Crippen MR) is 106 cm³/mol. The Morgan fingerprint density at radius 1 is 1.07 bits per heavy atom. The number of H-pyrrole nitrogens is 2. The first-order valence-electron chi connectivity index (χ1n) is 8.41. The number of nitrogens with one attached hydrogen (secondary N) is 2. The van der Waals surface area contributed by atoms with Crippen LogP contribution in [0.1, 0.15) is 15.9 Å². The van der Waals surface area contributed by atoms with E-state index >= 15 is 0 Å². The fraction of sp³-hybridized carbons (Fsp3) is 0. The van der Waals surface area contributed by atoms with Gasteiger partial charge in [0.2, 0.25) is 0 Å².